The Morgan fingerprint density at radius 1 is 1.09 bits per heavy atom. The van der Waals surface area contributed by atoms with Crippen molar-refractivity contribution >= 4 is 28.9 Å². The van der Waals surface area contributed by atoms with E-state index in [4.69, 9.17) is 16.9 Å². The highest BCUT2D eigenvalue weighted by Crippen LogP contribution is 2.37. The molecule has 0 aromatic heterocycles. The normalized spacial score (nSPS) is 13.5. The van der Waals surface area contributed by atoms with E-state index in [2.05, 4.69) is 9.73 Å². The number of nitrogens with one attached hydrogen (secondary N) is 2. The molecule has 0 fully saturated rings. The first kappa shape index (κ1) is 25.5. The summed E-state index contributed by atoms with van der Waals surface area (Å²) in [6, 6.07) is 2.11. The van der Waals surface area contributed by atoms with E-state index < -0.39 is 75.3 Å². The average Bonchev–Trinajstić information content (AvgIpc) is 2.71. The van der Waals surface area contributed by atoms with E-state index >= 15 is 0 Å². The van der Waals surface area contributed by atoms with Crippen LogP contribution in [0.4, 0.5) is 42.1 Å². The predicted molar refractivity (Wildman–Crippen MR) is 94.8 cm³/mol. The van der Waals surface area contributed by atoms with E-state index in [-0.39, 0.29) is 0 Å². The molecule has 1 unspecified atom stereocenters. The zero-order chi connectivity index (χ0) is 24.4. The minimum absolute atomic E-state index is 0.416. The van der Waals surface area contributed by atoms with Crippen molar-refractivity contribution in [3.05, 3.63) is 52.1 Å². The molecule has 176 valence electrons. The fourth-order valence-corrected chi connectivity index (χ4v) is 2.42. The Labute approximate surface area is 179 Å². The molecule has 1 atom stereocenters. The SMILES string of the molecule is CC(O)(COc1c(F)c(F)c(Cl)c(F)c1F)C(=O)Nc1ccc(NOO)c(C(F)(F)F)c1. The first-order chi connectivity index (χ1) is 14.7. The van der Waals surface area contributed by atoms with Crippen LogP contribution in [0, 0.1) is 23.3 Å². The molecule has 32 heavy (non-hydrogen) atoms. The van der Waals surface area contributed by atoms with E-state index in [1.165, 1.54) is 0 Å². The number of carbonyl (C=O) groups excluding carboxylic acids is 1. The quantitative estimate of drug-likeness (QED) is 0.149. The number of halogens is 8. The molecule has 2 aromatic rings. The Morgan fingerprint density at radius 2 is 1.66 bits per heavy atom. The summed E-state index contributed by atoms with van der Waals surface area (Å²) >= 11 is 5.06. The van der Waals surface area contributed by atoms with Gasteiger partial charge in [-0.25, -0.2) is 19.5 Å². The number of anilines is 2. The minimum Gasteiger partial charge on any atom is -0.484 e. The van der Waals surface area contributed by atoms with Gasteiger partial charge in [-0.3, -0.25) is 4.79 Å². The van der Waals surface area contributed by atoms with Crippen molar-refractivity contribution < 1.29 is 55.6 Å². The van der Waals surface area contributed by atoms with Gasteiger partial charge in [-0.15, -0.1) is 4.99 Å². The number of rotatable bonds is 7. The van der Waals surface area contributed by atoms with Gasteiger partial charge in [0.2, 0.25) is 11.6 Å². The summed E-state index contributed by atoms with van der Waals surface area (Å²) in [5.41, 5.74) is -3.67. The Hall–Kier alpha value is -2.81. The van der Waals surface area contributed by atoms with Gasteiger partial charge in [0.05, 0.1) is 11.3 Å². The van der Waals surface area contributed by atoms with Crippen LogP contribution >= 0.6 is 11.6 Å². The molecular formula is C17H12ClF7N2O5. The number of ether oxygens (including phenoxy) is 1. The van der Waals surface area contributed by atoms with Gasteiger partial charge in [0.1, 0.15) is 11.6 Å². The van der Waals surface area contributed by atoms with Crippen LogP contribution in [0.5, 0.6) is 5.75 Å². The van der Waals surface area contributed by atoms with Crippen molar-refractivity contribution in [2.75, 3.05) is 17.4 Å². The third-order valence-corrected chi connectivity index (χ3v) is 4.23. The third kappa shape index (κ3) is 5.32. The summed E-state index contributed by atoms with van der Waals surface area (Å²) in [4.78, 5) is 15.7. The van der Waals surface area contributed by atoms with Crippen LogP contribution < -0.4 is 15.5 Å². The van der Waals surface area contributed by atoms with Crippen LogP contribution in [0.25, 0.3) is 0 Å². The number of benzene rings is 2. The van der Waals surface area contributed by atoms with E-state index in [0.717, 1.165) is 19.1 Å². The van der Waals surface area contributed by atoms with Gasteiger partial charge >= 0.3 is 6.18 Å². The van der Waals surface area contributed by atoms with E-state index in [9.17, 15) is 40.6 Å². The van der Waals surface area contributed by atoms with Gasteiger partial charge < -0.3 is 15.2 Å². The molecule has 0 spiro atoms. The van der Waals surface area contributed by atoms with Crippen LogP contribution in [-0.4, -0.2) is 28.5 Å². The Morgan fingerprint density at radius 3 is 2.16 bits per heavy atom. The summed E-state index contributed by atoms with van der Waals surface area (Å²) in [6.45, 7) is -0.516. The largest absolute Gasteiger partial charge is 0.484 e. The molecule has 15 heteroatoms. The maximum absolute atomic E-state index is 13.8. The van der Waals surface area contributed by atoms with Crippen LogP contribution in [-0.2, 0) is 16.0 Å². The van der Waals surface area contributed by atoms with Crippen LogP contribution in [0.2, 0.25) is 5.02 Å². The van der Waals surface area contributed by atoms with E-state index in [1.807, 2.05) is 5.32 Å². The molecule has 2 rings (SSSR count). The molecule has 0 aliphatic rings. The average molecular weight is 493 g/mol. The second kappa shape index (κ2) is 9.36. The lowest BCUT2D eigenvalue weighted by atomic mass is 10.1. The van der Waals surface area contributed by atoms with Crippen LogP contribution in [0.15, 0.2) is 18.2 Å². The van der Waals surface area contributed by atoms with E-state index in [1.54, 1.807) is 5.48 Å². The zero-order valence-corrected chi connectivity index (χ0v) is 16.3. The lowest BCUT2D eigenvalue weighted by Crippen LogP contribution is -2.45. The number of hydrogen-bond acceptors (Lipinski definition) is 6. The Balaban J connectivity index is 2.22. The fraction of sp³-hybridized carbons (Fsp3) is 0.235. The van der Waals surface area contributed by atoms with Crippen molar-refractivity contribution in [1.29, 1.82) is 0 Å². The highest BCUT2D eigenvalue weighted by Gasteiger charge is 2.36. The Kier molecular flexibility index (Phi) is 7.44. The summed E-state index contributed by atoms with van der Waals surface area (Å²) < 4.78 is 98.3. The topological polar surface area (TPSA) is 100 Å². The monoisotopic (exact) mass is 492 g/mol. The first-order valence-electron chi connectivity index (χ1n) is 8.16. The first-order valence-corrected chi connectivity index (χ1v) is 8.54. The maximum atomic E-state index is 13.8. The second-order valence-corrected chi connectivity index (χ2v) is 6.75. The lowest BCUT2D eigenvalue weighted by Gasteiger charge is -2.23. The number of hydrogen-bond donors (Lipinski definition) is 4. The van der Waals surface area contributed by atoms with Crippen LogP contribution in [0.1, 0.15) is 12.5 Å². The smallest absolute Gasteiger partial charge is 0.418 e. The van der Waals surface area contributed by atoms with Crippen molar-refractivity contribution in [3.8, 4) is 5.75 Å². The van der Waals surface area contributed by atoms with Gasteiger partial charge in [-0.2, -0.15) is 22.0 Å². The van der Waals surface area contributed by atoms with Crippen molar-refractivity contribution in [2.45, 2.75) is 18.7 Å². The molecule has 0 saturated carbocycles. The number of alkyl halides is 3. The predicted octanol–water partition coefficient (Wildman–Crippen LogP) is 4.50. The van der Waals surface area contributed by atoms with Gasteiger partial charge in [-0.05, 0) is 25.1 Å². The summed E-state index contributed by atoms with van der Waals surface area (Å²) in [5.74, 6) is -11.0. The summed E-state index contributed by atoms with van der Waals surface area (Å²) in [5, 5.41) is 18.9. The standard InChI is InChI=1S/C17H12ClF7N2O5/c1-16(29,5-31-14-12(21)10(19)9(18)11(20)13(14)22)15(28)26-6-2-3-8(27-32-30)7(4-6)17(23,24)25/h2-4,27,29-30H,5H2,1H3,(H,26,28). The molecule has 0 aliphatic carbocycles. The molecular weight excluding hydrogens is 481 g/mol. The zero-order valence-electron chi connectivity index (χ0n) is 15.6. The second-order valence-electron chi connectivity index (χ2n) is 6.37. The molecule has 0 saturated heterocycles. The van der Waals surface area contributed by atoms with Crippen molar-refractivity contribution in [1.82, 2.24) is 0 Å². The highest BCUT2D eigenvalue weighted by molar-refractivity contribution is 6.30. The molecule has 7 nitrogen and oxygen atoms in total. The van der Waals surface area contributed by atoms with Gasteiger partial charge in [0.15, 0.2) is 23.0 Å². The number of carbonyl (C=O) groups is 1. The minimum atomic E-state index is -4.95. The maximum Gasteiger partial charge on any atom is 0.418 e. The van der Waals surface area contributed by atoms with Crippen molar-refractivity contribution in [2.24, 2.45) is 0 Å². The number of aliphatic hydroxyl groups is 1. The molecule has 0 radical (unpaired) electrons. The van der Waals surface area contributed by atoms with Crippen molar-refractivity contribution in [3.63, 3.8) is 0 Å². The third-order valence-electron chi connectivity index (χ3n) is 3.89. The van der Waals surface area contributed by atoms with Gasteiger partial charge in [-0.1, -0.05) is 11.6 Å². The summed E-state index contributed by atoms with van der Waals surface area (Å²) in [6.07, 6.45) is -4.95. The fourth-order valence-electron chi connectivity index (χ4n) is 2.25. The molecule has 2 aromatic carbocycles. The summed E-state index contributed by atoms with van der Waals surface area (Å²) in [7, 11) is 0. The number of amides is 1. The van der Waals surface area contributed by atoms with Gasteiger partial charge in [0, 0.05) is 5.69 Å². The lowest BCUT2D eigenvalue weighted by molar-refractivity contribution is -0.216. The Bertz CT molecular complexity index is 1000. The van der Waals surface area contributed by atoms with E-state index in [0.29, 0.717) is 6.07 Å². The molecule has 4 N–H and O–H groups in total. The van der Waals surface area contributed by atoms with Gasteiger partial charge in [0.25, 0.3) is 5.91 Å². The molecule has 0 heterocycles. The highest BCUT2D eigenvalue weighted by atomic mass is 35.5. The molecule has 0 aliphatic heterocycles. The molecule has 1 amide bonds. The van der Waals surface area contributed by atoms with Crippen LogP contribution in [0.3, 0.4) is 0 Å². The molecule has 0 bridgehead atoms.